The summed E-state index contributed by atoms with van der Waals surface area (Å²) in [6.45, 7) is 7.04. The van der Waals surface area contributed by atoms with Gasteiger partial charge in [0.05, 0.1) is 26.8 Å². The van der Waals surface area contributed by atoms with E-state index < -0.39 is 21.7 Å². The Morgan fingerprint density at radius 1 is 0.962 bits per heavy atom. The summed E-state index contributed by atoms with van der Waals surface area (Å²) in [6.07, 6.45) is 4.19. The normalized spacial score (nSPS) is 16.3. The molecule has 0 saturated carbocycles. The highest BCUT2D eigenvalue weighted by Crippen LogP contribution is 2.44. The van der Waals surface area contributed by atoms with Crippen molar-refractivity contribution in [3.63, 3.8) is 0 Å². The lowest BCUT2D eigenvalue weighted by Gasteiger charge is -2.53. The van der Waals surface area contributed by atoms with E-state index in [2.05, 4.69) is 19.9 Å². The molecule has 2 N–H and O–H groups in total. The fourth-order valence-electron chi connectivity index (χ4n) is 7.44. The average Bonchev–Trinajstić information content (AvgIpc) is 3.50. The van der Waals surface area contributed by atoms with Crippen molar-refractivity contribution < 1.29 is 27.1 Å². The van der Waals surface area contributed by atoms with Gasteiger partial charge in [-0.3, -0.25) is 14.3 Å². The molecule has 0 bridgehead atoms. The van der Waals surface area contributed by atoms with E-state index >= 15 is 0 Å². The number of hydrogen-bond donors (Lipinski definition) is 2. The number of sulfonamides is 1. The molecular weight excluding hydrogens is 714 g/mol. The van der Waals surface area contributed by atoms with Gasteiger partial charge in [0.1, 0.15) is 5.82 Å². The number of aryl methyl sites for hydroxylation is 2. The van der Waals surface area contributed by atoms with Crippen molar-refractivity contribution in [1.29, 1.82) is 0 Å². The van der Waals surface area contributed by atoms with Crippen molar-refractivity contribution in [2.45, 2.75) is 38.0 Å². The Bertz CT molecular complexity index is 2330. The Balaban J connectivity index is 0.998. The summed E-state index contributed by atoms with van der Waals surface area (Å²) in [5.41, 5.74) is 4.95. The lowest BCUT2D eigenvalue weighted by atomic mass is 9.73. The molecule has 13 heteroatoms. The summed E-state index contributed by atoms with van der Waals surface area (Å²) in [5.74, 6) is -0.571. The fourth-order valence-corrected chi connectivity index (χ4v) is 9.63. The number of fused-ring (bicyclic) bond motifs is 3. The zero-order valence-electron chi connectivity index (χ0n) is 29.3. The third kappa shape index (κ3) is 6.68. The lowest BCUT2D eigenvalue weighted by Crippen LogP contribution is -2.59. The summed E-state index contributed by atoms with van der Waals surface area (Å²) in [4.78, 5) is 37.0. The van der Waals surface area contributed by atoms with Crippen molar-refractivity contribution in [3.8, 4) is 10.4 Å². The molecule has 8 rings (SSSR count). The van der Waals surface area contributed by atoms with Gasteiger partial charge >= 0.3 is 0 Å². The minimum atomic E-state index is -4.00. The molecule has 3 aliphatic rings. The average molecular weight is 752 g/mol. The molecule has 0 unspecified atom stereocenters. The standard InChI is InChI=1S/C40H38FN5O5S2/c1-25-20-32(37(42-22-25)45-23-40(24-45)15-18-51-19-16-40)44-53(49,50)29-12-10-27(11-13-29)39(48)46-17-14-28-21-34(52-36(28)30-7-3-4-9-33(30)46)38(47)43-35-26(2)6-5-8-31(35)41/h3-13,20-22,44H,14-19,23-24H2,1-2H3,(H,43,47). The number of benzene rings is 3. The number of nitrogens with one attached hydrogen (secondary N) is 2. The Hall–Kier alpha value is -5.11. The first-order valence-electron chi connectivity index (χ1n) is 17.5. The maximum atomic E-state index is 14.5. The smallest absolute Gasteiger partial charge is 0.265 e. The molecule has 53 heavy (non-hydrogen) atoms. The Labute approximate surface area is 311 Å². The number of ether oxygens (including phenoxy) is 1. The fraction of sp³-hybridized carbons (Fsp3) is 0.275. The number of carbonyl (C=O) groups excluding carboxylic acids is 2. The Kier molecular flexibility index (Phi) is 9.04. The first-order chi connectivity index (χ1) is 25.5. The summed E-state index contributed by atoms with van der Waals surface area (Å²) in [5, 5.41) is 2.72. The number of rotatable bonds is 7. The van der Waals surface area contributed by atoms with Gasteiger partial charge in [0.2, 0.25) is 0 Å². The van der Waals surface area contributed by atoms with E-state index in [1.807, 2.05) is 37.3 Å². The van der Waals surface area contributed by atoms with E-state index in [0.717, 1.165) is 60.7 Å². The van der Waals surface area contributed by atoms with Crippen LogP contribution in [0.25, 0.3) is 10.4 Å². The highest BCUT2D eigenvalue weighted by Gasteiger charge is 2.45. The monoisotopic (exact) mass is 751 g/mol. The zero-order valence-corrected chi connectivity index (χ0v) is 31.0. The highest BCUT2D eigenvalue weighted by atomic mass is 32.2. The molecule has 3 aliphatic heterocycles. The largest absolute Gasteiger partial charge is 0.381 e. The molecule has 5 aromatic rings. The number of pyridine rings is 1. The zero-order chi connectivity index (χ0) is 36.9. The highest BCUT2D eigenvalue weighted by molar-refractivity contribution is 7.92. The maximum absolute atomic E-state index is 14.5. The van der Waals surface area contributed by atoms with Crippen LogP contribution in [0.1, 0.15) is 49.6 Å². The van der Waals surface area contributed by atoms with E-state index in [1.165, 1.54) is 41.7 Å². The molecular formula is C40H38FN5O5S2. The van der Waals surface area contributed by atoms with Crippen molar-refractivity contribution in [2.75, 3.05) is 52.7 Å². The van der Waals surface area contributed by atoms with E-state index in [1.54, 1.807) is 36.2 Å². The molecule has 1 spiro atoms. The van der Waals surface area contributed by atoms with Crippen LogP contribution in [0.15, 0.2) is 90.0 Å². The van der Waals surface area contributed by atoms with Gasteiger partial charge in [-0.15, -0.1) is 11.3 Å². The van der Waals surface area contributed by atoms with Crippen LogP contribution >= 0.6 is 11.3 Å². The Morgan fingerprint density at radius 2 is 1.72 bits per heavy atom. The summed E-state index contributed by atoms with van der Waals surface area (Å²) >= 11 is 1.30. The van der Waals surface area contributed by atoms with Crippen LogP contribution in [-0.2, 0) is 21.2 Å². The van der Waals surface area contributed by atoms with Crippen molar-refractivity contribution in [3.05, 3.63) is 118 Å². The first-order valence-corrected chi connectivity index (χ1v) is 19.8. The van der Waals surface area contributed by atoms with E-state index in [-0.39, 0.29) is 21.9 Å². The molecule has 0 aliphatic carbocycles. The van der Waals surface area contributed by atoms with Gasteiger partial charge in [0.25, 0.3) is 21.8 Å². The van der Waals surface area contributed by atoms with Gasteiger partial charge in [0, 0.05) is 60.5 Å². The van der Waals surface area contributed by atoms with Gasteiger partial charge in [-0.2, -0.15) is 0 Å². The second kappa shape index (κ2) is 13.7. The van der Waals surface area contributed by atoms with Gasteiger partial charge in [-0.25, -0.2) is 17.8 Å². The number of halogens is 1. The van der Waals surface area contributed by atoms with Gasteiger partial charge < -0.3 is 19.9 Å². The maximum Gasteiger partial charge on any atom is 0.265 e. The van der Waals surface area contributed by atoms with Crippen LogP contribution in [0.5, 0.6) is 0 Å². The molecule has 2 aromatic heterocycles. The molecule has 3 aromatic carbocycles. The quantitative estimate of drug-likeness (QED) is 0.177. The van der Waals surface area contributed by atoms with Gasteiger partial charge in [-0.1, -0.05) is 30.3 Å². The summed E-state index contributed by atoms with van der Waals surface area (Å²) < 4.78 is 50.1. The third-order valence-electron chi connectivity index (χ3n) is 10.3. The predicted molar refractivity (Wildman–Crippen MR) is 205 cm³/mol. The topological polar surface area (TPSA) is 121 Å². The molecule has 2 amide bonds. The number of aromatic nitrogens is 1. The number of thiophene rings is 1. The lowest BCUT2D eigenvalue weighted by molar-refractivity contribution is -0.000404. The number of anilines is 4. The second-order valence-corrected chi connectivity index (χ2v) is 16.8. The number of nitrogens with zero attached hydrogens (tertiary/aromatic N) is 3. The molecule has 5 heterocycles. The SMILES string of the molecule is Cc1cnc(N2CC3(CCOCC3)C2)c(NS(=O)(=O)c2ccc(C(=O)N3CCc4cc(C(=O)Nc5c(C)cccc5F)sc4-c4ccccc43)cc2)c1. The predicted octanol–water partition coefficient (Wildman–Crippen LogP) is 7.44. The summed E-state index contributed by atoms with van der Waals surface area (Å²) in [7, 11) is -4.00. The van der Waals surface area contributed by atoms with E-state index in [4.69, 9.17) is 4.74 Å². The van der Waals surface area contributed by atoms with E-state index in [0.29, 0.717) is 46.2 Å². The van der Waals surface area contributed by atoms with Crippen LogP contribution in [-0.4, -0.2) is 58.1 Å². The molecule has 2 fully saturated rings. The first kappa shape index (κ1) is 34.9. The minimum absolute atomic E-state index is 0.0286. The number of para-hydroxylation sites is 2. The third-order valence-corrected chi connectivity index (χ3v) is 12.9. The molecule has 2 saturated heterocycles. The number of amides is 2. The second-order valence-electron chi connectivity index (χ2n) is 14.1. The van der Waals surface area contributed by atoms with Crippen LogP contribution in [0.2, 0.25) is 0 Å². The van der Waals surface area contributed by atoms with Crippen LogP contribution in [0.4, 0.5) is 27.3 Å². The van der Waals surface area contributed by atoms with Crippen LogP contribution in [0, 0.1) is 25.1 Å². The summed E-state index contributed by atoms with van der Waals surface area (Å²) in [6, 6.07) is 21.7. The number of hydrogen-bond acceptors (Lipinski definition) is 8. The van der Waals surface area contributed by atoms with Gasteiger partial charge in [0.15, 0.2) is 5.82 Å². The van der Waals surface area contributed by atoms with Crippen molar-refractivity contribution >= 4 is 56.1 Å². The molecule has 272 valence electrons. The molecule has 10 nitrogen and oxygen atoms in total. The van der Waals surface area contributed by atoms with Crippen molar-refractivity contribution in [1.82, 2.24) is 4.98 Å². The molecule has 0 atom stereocenters. The van der Waals surface area contributed by atoms with Crippen molar-refractivity contribution in [2.24, 2.45) is 5.41 Å². The molecule has 0 radical (unpaired) electrons. The van der Waals surface area contributed by atoms with Gasteiger partial charge in [-0.05, 0) is 98.3 Å². The minimum Gasteiger partial charge on any atom is -0.381 e. The number of carbonyl (C=O) groups is 2. The Morgan fingerprint density at radius 3 is 2.47 bits per heavy atom. The van der Waals surface area contributed by atoms with Crippen LogP contribution < -0.4 is 19.8 Å². The van der Waals surface area contributed by atoms with E-state index in [9.17, 15) is 22.4 Å². The van der Waals surface area contributed by atoms with Crippen LogP contribution in [0.3, 0.4) is 0 Å².